The van der Waals surface area contributed by atoms with E-state index in [2.05, 4.69) is 4.98 Å². The average Bonchev–Trinajstić information content (AvgIpc) is 2.32. The minimum Gasteiger partial charge on any atom is -0.478 e. The molecule has 18 heavy (non-hydrogen) atoms. The Kier molecular flexibility index (Phi) is 3.23. The SMILES string of the molecule is Cc1cccnc1Oc1ccc(C(=O)O)c(F)c1. The van der Waals surface area contributed by atoms with Gasteiger partial charge in [-0.3, -0.25) is 0 Å². The maximum absolute atomic E-state index is 13.4. The fraction of sp³-hybridized carbons (Fsp3) is 0.0769. The Morgan fingerprint density at radius 3 is 2.78 bits per heavy atom. The number of ether oxygens (including phenoxy) is 1. The average molecular weight is 247 g/mol. The summed E-state index contributed by atoms with van der Waals surface area (Å²) in [5.41, 5.74) is 0.417. The lowest BCUT2D eigenvalue weighted by molar-refractivity contribution is 0.0692. The smallest absolute Gasteiger partial charge is 0.338 e. The number of benzene rings is 1. The number of aryl methyl sites for hydroxylation is 1. The lowest BCUT2D eigenvalue weighted by Crippen LogP contribution is -2.00. The molecule has 0 fully saturated rings. The summed E-state index contributed by atoms with van der Waals surface area (Å²) in [4.78, 5) is 14.7. The molecule has 4 nitrogen and oxygen atoms in total. The lowest BCUT2D eigenvalue weighted by Gasteiger charge is -2.07. The van der Waals surface area contributed by atoms with Crippen molar-refractivity contribution in [3.8, 4) is 11.6 Å². The first-order valence-corrected chi connectivity index (χ1v) is 5.20. The van der Waals surface area contributed by atoms with Crippen molar-refractivity contribution >= 4 is 5.97 Å². The van der Waals surface area contributed by atoms with Gasteiger partial charge < -0.3 is 9.84 Å². The quantitative estimate of drug-likeness (QED) is 0.905. The van der Waals surface area contributed by atoms with Gasteiger partial charge in [0.2, 0.25) is 5.88 Å². The summed E-state index contributed by atoms with van der Waals surface area (Å²) in [6, 6.07) is 7.14. The van der Waals surface area contributed by atoms with E-state index in [0.29, 0.717) is 5.88 Å². The van der Waals surface area contributed by atoms with Gasteiger partial charge in [-0.25, -0.2) is 14.2 Å². The van der Waals surface area contributed by atoms with Crippen molar-refractivity contribution in [2.24, 2.45) is 0 Å². The molecule has 1 aromatic heterocycles. The fourth-order valence-electron chi connectivity index (χ4n) is 1.42. The number of nitrogens with zero attached hydrogens (tertiary/aromatic N) is 1. The minimum absolute atomic E-state index is 0.208. The summed E-state index contributed by atoms with van der Waals surface area (Å²) in [6.45, 7) is 1.81. The van der Waals surface area contributed by atoms with E-state index in [4.69, 9.17) is 9.84 Å². The summed E-state index contributed by atoms with van der Waals surface area (Å²) in [5.74, 6) is -1.58. The Morgan fingerprint density at radius 2 is 2.17 bits per heavy atom. The maximum Gasteiger partial charge on any atom is 0.338 e. The number of carboxylic acid groups (broad SMARTS) is 1. The van der Waals surface area contributed by atoms with Crippen LogP contribution in [0.3, 0.4) is 0 Å². The molecule has 0 radical (unpaired) electrons. The van der Waals surface area contributed by atoms with Crippen LogP contribution in [0.25, 0.3) is 0 Å². The van der Waals surface area contributed by atoms with Crippen LogP contribution in [0, 0.1) is 12.7 Å². The van der Waals surface area contributed by atoms with Crippen LogP contribution in [0.5, 0.6) is 11.6 Å². The third kappa shape index (κ3) is 2.45. The van der Waals surface area contributed by atoms with E-state index < -0.39 is 11.8 Å². The second-order valence-electron chi connectivity index (χ2n) is 3.67. The third-order valence-electron chi connectivity index (χ3n) is 2.35. The molecule has 0 aliphatic rings. The zero-order valence-electron chi connectivity index (χ0n) is 9.55. The largest absolute Gasteiger partial charge is 0.478 e. The van der Waals surface area contributed by atoms with Crippen molar-refractivity contribution in [2.75, 3.05) is 0 Å². The van der Waals surface area contributed by atoms with Gasteiger partial charge in [-0.05, 0) is 25.1 Å². The number of rotatable bonds is 3. The number of carbonyl (C=O) groups is 1. The zero-order valence-corrected chi connectivity index (χ0v) is 9.55. The number of hydrogen-bond donors (Lipinski definition) is 1. The topological polar surface area (TPSA) is 59.4 Å². The molecule has 92 valence electrons. The molecular weight excluding hydrogens is 237 g/mol. The molecule has 2 aromatic rings. The van der Waals surface area contributed by atoms with Gasteiger partial charge in [-0.15, -0.1) is 0 Å². The first-order valence-electron chi connectivity index (χ1n) is 5.20. The molecule has 0 bridgehead atoms. The highest BCUT2D eigenvalue weighted by molar-refractivity contribution is 5.88. The van der Waals surface area contributed by atoms with Gasteiger partial charge in [-0.2, -0.15) is 0 Å². The maximum atomic E-state index is 13.4. The number of aromatic nitrogens is 1. The molecule has 0 spiro atoms. The van der Waals surface area contributed by atoms with Gasteiger partial charge in [0.15, 0.2) is 0 Å². The lowest BCUT2D eigenvalue weighted by atomic mass is 10.2. The van der Waals surface area contributed by atoms with Crippen LogP contribution in [-0.4, -0.2) is 16.1 Å². The molecule has 0 aliphatic carbocycles. The molecule has 1 heterocycles. The number of carboxylic acids is 1. The van der Waals surface area contributed by atoms with Gasteiger partial charge >= 0.3 is 5.97 Å². The first kappa shape index (κ1) is 12.0. The Bertz CT molecular complexity index is 599. The summed E-state index contributed by atoms with van der Waals surface area (Å²) >= 11 is 0. The van der Waals surface area contributed by atoms with Crippen molar-refractivity contribution < 1.29 is 19.0 Å². The van der Waals surface area contributed by atoms with E-state index in [-0.39, 0.29) is 11.3 Å². The summed E-state index contributed by atoms with van der Waals surface area (Å²) < 4.78 is 18.8. The van der Waals surface area contributed by atoms with E-state index in [0.717, 1.165) is 17.7 Å². The minimum atomic E-state index is -1.31. The normalized spacial score (nSPS) is 10.1. The third-order valence-corrected chi connectivity index (χ3v) is 2.35. The first-order chi connectivity index (χ1) is 8.58. The van der Waals surface area contributed by atoms with Crippen LogP contribution in [-0.2, 0) is 0 Å². The van der Waals surface area contributed by atoms with E-state index >= 15 is 0 Å². The number of hydrogen-bond acceptors (Lipinski definition) is 3. The van der Waals surface area contributed by atoms with E-state index in [1.165, 1.54) is 6.07 Å². The number of pyridine rings is 1. The van der Waals surface area contributed by atoms with Crippen molar-refractivity contribution in [2.45, 2.75) is 6.92 Å². The predicted octanol–water partition coefficient (Wildman–Crippen LogP) is 3.02. The Balaban J connectivity index is 2.29. The van der Waals surface area contributed by atoms with Crippen molar-refractivity contribution in [1.29, 1.82) is 0 Å². The Morgan fingerprint density at radius 1 is 1.39 bits per heavy atom. The molecule has 1 N–H and O–H groups in total. The standard InChI is InChI=1S/C13H10FNO3/c1-8-3-2-6-15-12(8)18-9-4-5-10(13(16)17)11(14)7-9/h2-7H,1H3,(H,16,17). The van der Waals surface area contributed by atoms with Crippen molar-refractivity contribution in [1.82, 2.24) is 4.98 Å². The van der Waals surface area contributed by atoms with Gasteiger partial charge in [0.25, 0.3) is 0 Å². The van der Waals surface area contributed by atoms with Crippen LogP contribution in [0.4, 0.5) is 4.39 Å². The highest BCUT2D eigenvalue weighted by Gasteiger charge is 2.11. The summed E-state index contributed by atoms with van der Waals surface area (Å²) in [5, 5.41) is 8.70. The molecule has 0 amide bonds. The van der Waals surface area contributed by atoms with E-state index in [9.17, 15) is 9.18 Å². The van der Waals surface area contributed by atoms with Crippen LogP contribution in [0.1, 0.15) is 15.9 Å². The molecule has 0 aliphatic heterocycles. The molecule has 2 rings (SSSR count). The van der Waals surface area contributed by atoms with Crippen LogP contribution < -0.4 is 4.74 Å². The van der Waals surface area contributed by atoms with E-state index in [1.807, 2.05) is 13.0 Å². The molecule has 0 unspecified atom stereocenters. The molecule has 5 heteroatoms. The van der Waals surface area contributed by atoms with Gasteiger partial charge in [0, 0.05) is 17.8 Å². The number of aromatic carboxylic acids is 1. The highest BCUT2D eigenvalue weighted by Crippen LogP contribution is 2.24. The van der Waals surface area contributed by atoms with E-state index in [1.54, 1.807) is 12.3 Å². The Labute approximate surface area is 103 Å². The molecule has 0 saturated heterocycles. The van der Waals surface area contributed by atoms with Crippen LogP contribution in [0.15, 0.2) is 36.5 Å². The van der Waals surface area contributed by atoms with Crippen LogP contribution >= 0.6 is 0 Å². The second kappa shape index (κ2) is 4.83. The summed E-state index contributed by atoms with van der Waals surface area (Å²) in [6.07, 6.45) is 1.56. The Hall–Kier alpha value is -2.43. The monoisotopic (exact) mass is 247 g/mol. The molecular formula is C13H10FNO3. The zero-order chi connectivity index (χ0) is 13.1. The van der Waals surface area contributed by atoms with Gasteiger partial charge in [-0.1, -0.05) is 6.07 Å². The summed E-state index contributed by atoms with van der Waals surface area (Å²) in [7, 11) is 0. The molecule has 0 saturated carbocycles. The second-order valence-corrected chi connectivity index (χ2v) is 3.67. The predicted molar refractivity (Wildman–Crippen MR) is 62.4 cm³/mol. The van der Waals surface area contributed by atoms with Crippen LogP contribution in [0.2, 0.25) is 0 Å². The molecule has 1 aromatic carbocycles. The van der Waals surface area contributed by atoms with Gasteiger partial charge in [0.05, 0.1) is 5.56 Å². The van der Waals surface area contributed by atoms with Gasteiger partial charge in [0.1, 0.15) is 11.6 Å². The molecule has 0 atom stereocenters. The highest BCUT2D eigenvalue weighted by atomic mass is 19.1. The fourth-order valence-corrected chi connectivity index (χ4v) is 1.42. The van der Waals surface area contributed by atoms with Crippen molar-refractivity contribution in [3.63, 3.8) is 0 Å². The van der Waals surface area contributed by atoms with Crippen molar-refractivity contribution in [3.05, 3.63) is 53.5 Å². The number of halogens is 1.